The van der Waals surface area contributed by atoms with Gasteiger partial charge < -0.3 is 25.7 Å². The van der Waals surface area contributed by atoms with E-state index in [-0.39, 0.29) is 5.84 Å². The van der Waals surface area contributed by atoms with Gasteiger partial charge in [-0.15, -0.1) is 11.3 Å². The van der Waals surface area contributed by atoms with Gasteiger partial charge in [0.15, 0.2) is 11.0 Å². The molecule has 164 valence electrons. The van der Waals surface area contributed by atoms with Crippen LogP contribution < -0.4 is 20.5 Å². The van der Waals surface area contributed by atoms with E-state index in [4.69, 9.17) is 20.4 Å². The molecule has 1 heterocycles. The lowest BCUT2D eigenvalue weighted by Gasteiger charge is -2.08. The zero-order valence-corrected chi connectivity index (χ0v) is 18.4. The first-order valence-corrected chi connectivity index (χ1v) is 11.2. The zero-order valence-electron chi connectivity index (χ0n) is 17.6. The molecule has 0 radical (unpaired) electrons. The molecule has 0 aliphatic heterocycles. The van der Waals surface area contributed by atoms with Gasteiger partial charge >= 0.3 is 0 Å². The van der Waals surface area contributed by atoms with Crippen LogP contribution in [0.2, 0.25) is 0 Å². The average Bonchev–Trinajstić information content (AvgIpc) is 3.27. The molecule has 0 bridgehead atoms. The molecule has 2 aromatic carbocycles. The van der Waals surface area contributed by atoms with Crippen LogP contribution in [0.4, 0.5) is 5.13 Å². The van der Waals surface area contributed by atoms with Gasteiger partial charge in [-0.25, -0.2) is 4.98 Å². The molecule has 7 nitrogen and oxygen atoms in total. The Morgan fingerprint density at radius 1 is 1.00 bits per heavy atom. The van der Waals surface area contributed by atoms with E-state index >= 15 is 0 Å². The number of unbranched alkanes of at least 4 members (excludes halogenated alkanes) is 2. The van der Waals surface area contributed by atoms with Crippen molar-refractivity contribution in [3.63, 3.8) is 0 Å². The molecule has 0 atom stereocenters. The highest BCUT2D eigenvalue weighted by Gasteiger charge is 2.04. The second kappa shape index (κ2) is 11.8. The summed E-state index contributed by atoms with van der Waals surface area (Å²) in [6.07, 6.45) is 2.93. The number of ether oxygens (including phenoxy) is 2. The molecule has 3 rings (SSSR count). The molecule has 0 saturated heterocycles. The Balaban J connectivity index is 1.31. The van der Waals surface area contributed by atoms with Crippen LogP contribution in [0, 0.1) is 0 Å². The van der Waals surface area contributed by atoms with Crippen LogP contribution in [0.3, 0.4) is 0 Å². The summed E-state index contributed by atoms with van der Waals surface area (Å²) in [4.78, 5) is 4.58. The van der Waals surface area contributed by atoms with E-state index in [0.717, 1.165) is 53.7 Å². The van der Waals surface area contributed by atoms with Crippen LogP contribution in [-0.2, 0) is 0 Å². The first-order valence-electron chi connectivity index (χ1n) is 10.3. The molecular formula is C23H28N4O3S. The van der Waals surface area contributed by atoms with E-state index < -0.39 is 0 Å². The molecule has 0 saturated carbocycles. The SMILES string of the molecule is CCNc1nc(-c2ccc(OCCCCCOc3ccc(C(N)=NO)cc3)cc2)cs1. The van der Waals surface area contributed by atoms with Crippen LogP contribution in [0.15, 0.2) is 59.1 Å². The molecule has 0 spiro atoms. The molecule has 3 aromatic rings. The summed E-state index contributed by atoms with van der Waals surface area (Å²) >= 11 is 1.61. The number of oxime groups is 1. The first-order chi connectivity index (χ1) is 15.2. The summed E-state index contributed by atoms with van der Waals surface area (Å²) in [5.41, 5.74) is 8.27. The minimum atomic E-state index is 0.0859. The number of hydrogen-bond acceptors (Lipinski definition) is 7. The van der Waals surface area contributed by atoms with Crippen molar-refractivity contribution in [1.82, 2.24) is 4.98 Å². The van der Waals surface area contributed by atoms with Gasteiger partial charge in [0, 0.05) is 23.1 Å². The monoisotopic (exact) mass is 440 g/mol. The van der Waals surface area contributed by atoms with E-state index in [1.807, 2.05) is 36.4 Å². The molecule has 8 heteroatoms. The largest absolute Gasteiger partial charge is 0.494 e. The highest BCUT2D eigenvalue weighted by molar-refractivity contribution is 7.14. The van der Waals surface area contributed by atoms with E-state index in [1.165, 1.54) is 0 Å². The standard InChI is InChI=1S/C23H28N4O3S/c1-2-25-23-26-21(16-31-23)17-6-10-19(11-7-17)29-14-4-3-5-15-30-20-12-8-18(9-13-20)22(24)27-28/h6-13,16,28H,2-5,14-15H2,1H3,(H2,24,27)(H,25,26). The fourth-order valence-electron chi connectivity index (χ4n) is 2.90. The molecule has 1 aromatic heterocycles. The van der Waals surface area contributed by atoms with Crippen molar-refractivity contribution in [2.75, 3.05) is 25.1 Å². The quantitative estimate of drug-likeness (QED) is 0.121. The third-order valence-corrected chi connectivity index (χ3v) is 5.37. The predicted octanol–water partition coefficient (Wildman–Crippen LogP) is 4.96. The number of thiazole rings is 1. The van der Waals surface area contributed by atoms with Gasteiger partial charge in [-0.05, 0) is 74.7 Å². The fraction of sp³-hybridized carbons (Fsp3) is 0.304. The van der Waals surface area contributed by atoms with Crippen LogP contribution >= 0.6 is 11.3 Å². The summed E-state index contributed by atoms with van der Waals surface area (Å²) in [5.74, 6) is 1.72. The fourth-order valence-corrected chi connectivity index (χ4v) is 3.69. The smallest absolute Gasteiger partial charge is 0.183 e. The van der Waals surface area contributed by atoms with Gasteiger partial charge in [0.05, 0.1) is 18.9 Å². The third kappa shape index (κ3) is 6.89. The van der Waals surface area contributed by atoms with E-state index in [1.54, 1.807) is 23.5 Å². The number of aromatic nitrogens is 1. The van der Waals surface area contributed by atoms with Gasteiger partial charge in [-0.1, -0.05) is 5.16 Å². The maximum atomic E-state index is 8.67. The van der Waals surface area contributed by atoms with Crippen molar-refractivity contribution in [3.05, 3.63) is 59.5 Å². The van der Waals surface area contributed by atoms with Crippen LogP contribution in [0.25, 0.3) is 11.3 Å². The lowest BCUT2D eigenvalue weighted by molar-refractivity contribution is 0.279. The molecule has 4 N–H and O–H groups in total. The first kappa shape index (κ1) is 22.4. The zero-order chi connectivity index (χ0) is 21.9. The van der Waals surface area contributed by atoms with Crippen molar-refractivity contribution in [1.29, 1.82) is 0 Å². The Labute approximate surface area is 186 Å². The number of nitrogens with two attached hydrogens (primary N) is 1. The molecule has 31 heavy (non-hydrogen) atoms. The predicted molar refractivity (Wildman–Crippen MR) is 126 cm³/mol. The van der Waals surface area contributed by atoms with Crippen molar-refractivity contribution in [2.24, 2.45) is 10.9 Å². The van der Waals surface area contributed by atoms with Crippen LogP contribution in [-0.4, -0.2) is 35.8 Å². The highest BCUT2D eigenvalue weighted by Crippen LogP contribution is 2.26. The summed E-state index contributed by atoms with van der Waals surface area (Å²) in [6, 6.07) is 15.2. The van der Waals surface area contributed by atoms with Crippen molar-refractivity contribution in [3.8, 4) is 22.8 Å². The van der Waals surface area contributed by atoms with Crippen molar-refractivity contribution in [2.45, 2.75) is 26.2 Å². The van der Waals surface area contributed by atoms with Gasteiger partial charge in [0.25, 0.3) is 0 Å². The minimum absolute atomic E-state index is 0.0859. The molecular weight excluding hydrogens is 412 g/mol. The second-order valence-corrected chi connectivity index (χ2v) is 7.72. The Morgan fingerprint density at radius 2 is 1.61 bits per heavy atom. The summed E-state index contributed by atoms with van der Waals surface area (Å²) in [7, 11) is 0. The Hall–Kier alpha value is -3.26. The van der Waals surface area contributed by atoms with Gasteiger partial charge in [0.1, 0.15) is 11.5 Å². The second-order valence-electron chi connectivity index (χ2n) is 6.86. The lowest BCUT2D eigenvalue weighted by Crippen LogP contribution is -2.12. The molecule has 0 amide bonds. The Morgan fingerprint density at radius 3 is 2.19 bits per heavy atom. The molecule has 0 aliphatic carbocycles. The maximum absolute atomic E-state index is 8.67. The lowest BCUT2D eigenvalue weighted by atomic mass is 10.2. The van der Waals surface area contributed by atoms with E-state index in [9.17, 15) is 0 Å². The number of anilines is 1. The van der Waals surface area contributed by atoms with Crippen molar-refractivity contribution >= 4 is 22.3 Å². The number of benzene rings is 2. The number of nitrogens with one attached hydrogen (secondary N) is 1. The summed E-state index contributed by atoms with van der Waals surface area (Å²) in [6.45, 7) is 4.25. The van der Waals surface area contributed by atoms with Crippen LogP contribution in [0.5, 0.6) is 11.5 Å². The highest BCUT2D eigenvalue weighted by atomic mass is 32.1. The van der Waals surface area contributed by atoms with Gasteiger partial charge in [-0.2, -0.15) is 0 Å². The molecule has 0 unspecified atom stereocenters. The Kier molecular flexibility index (Phi) is 8.54. The Bertz CT molecular complexity index is 956. The topological polar surface area (TPSA) is 102 Å². The van der Waals surface area contributed by atoms with Gasteiger partial charge in [0.2, 0.25) is 0 Å². The normalized spacial score (nSPS) is 11.3. The van der Waals surface area contributed by atoms with Crippen molar-refractivity contribution < 1.29 is 14.7 Å². The number of nitrogens with zero attached hydrogens (tertiary/aromatic N) is 2. The average molecular weight is 441 g/mol. The van der Waals surface area contributed by atoms with E-state index in [2.05, 4.69) is 27.8 Å². The number of rotatable bonds is 12. The third-order valence-electron chi connectivity index (χ3n) is 4.57. The number of amidine groups is 1. The molecule has 0 fully saturated rings. The maximum Gasteiger partial charge on any atom is 0.183 e. The number of hydrogen-bond donors (Lipinski definition) is 3. The van der Waals surface area contributed by atoms with Crippen LogP contribution in [0.1, 0.15) is 31.7 Å². The van der Waals surface area contributed by atoms with E-state index in [0.29, 0.717) is 18.8 Å². The summed E-state index contributed by atoms with van der Waals surface area (Å²) < 4.78 is 11.6. The van der Waals surface area contributed by atoms with Gasteiger partial charge in [-0.3, -0.25) is 0 Å². The molecule has 0 aliphatic rings. The minimum Gasteiger partial charge on any atom is -0.494 e. The summed E-state index contributed by atoms with van der Waals surface area (Å²) in [5, 5.41) is 17.9.